The van der Waals surface area contributed by atoms with E-state index < -0.39 is 21.4 Å². The third-order valence-corrected chi connectivity index (χ3v) is 5.14. The van der Waals surface area contributed by atoms with Crippen LogP contribution in [0, 0.1) is 5.92 Å². The van der Waals surface area contributed by atoms with Gasteiger partial charge >= 0.3 is 0 Å². The molecule has 1 aromatic carbocycles. The summed E-state index contributed by atoms with van der Waals surface area (Å²) in [4.78, 5) is 12.0. The van der Waals surface area contributed by atoms with Gasteiger partial charge in [-0.25, -0.2) is 8.42 Å². The molecule has 1 aromatic rings. The van der Waals surface area contributed by atoms with E-state index in [1.165, 1.54) is 18.2 Å². The third kappa shape index (κ3) is 5.13. The van der Waals surface area contributed by atoms with E-state index in [2.05, 4.69) is 0 Å². The van der Waals surface area contributed by atoms with Crippen molar-refractivity contribution < 1.29 is 13.2 Å². The van der Waals surface area contributed by atoms with Crippen molar-refractivity contribution in [3.05, 3.63) is 33.8 Å². The summed E-state index contributed by atoms with van der Waals surface area (Å²) < 4.78 is 23.7. The number of Topliss-reactive ketones (excluding diaryl/α,β-unsaturated/α-hetero) is 1. The molecule has 0 bridgehead atoms. The molecule has 106 valence electrons. The molecular formula is C13H16Cl2O3S. The van der Waals surface area contributed by atoms with E-state index in [0.717, 1.165) is 6.42 Å². The van der Waals surface area contributed by atoms with Gasteiger partial charge in [0, 0.05) is 10.6 Å². The van der Waals surface area contributed by atoms with Crippen LogP contribution < -0.4 is 0 Å². The number of hydrogen-bond donors (Lipinski definition) is 0. The van der Waals surface area contributed by atoms with Crippen LogP contribution in [0.25, 0.3) is 0 Å². The fraction of sp³-hybridized carbons (Fsp3) is 0.462. The summed E-state index contributed by atoms with van der Waals surface area (Å²) in [7, 11) is -3.41. The standard InChI is InChI=1S/C13H16Cl2O3S/c1-3-9(2)7-19(17,18)8-13(16)11-5-4-10(14)6-12(11)15/h4-6,9H,3,7-8H2,1-2H3. The molecule has 0 aliphatic carbocycles. The molecule has 1 atom stereocenters. The number of benzene rings is 1. The highest BCUT2D eigenvalue weighted by Gasteiger charge is 2.21. The van der Waals surface area contributed by atoms with Gasteiger partial charge in [0.25, 0.3) is 0 Å². The van der Waals surface area contributed by atoms with Crippen molar-refractivity contribution >= 4 is 38.8 Å². The summed E-state index contributed by atoms with van der Waals surface area (Å²) in [5.74, 6) is -0.956. The smallest absolute Gasteiger partial charge is 0.179 e. The molecule has 0 amide bonds. The van der Waals surface area contributed by atoms with Crippen molar-refractivity contribution in [3.8, 4) is 0 Å². The Hall–Kier alpha value is -0.580. The number of carbonyl (C=O) groups is 1. The Labute approximate surface area is 123 Å². The molecule has 0 N–H and O–H groups in total. The van der Waals surface area contributed by atoms with Gasteiger partial charge in [-0.3, -0.25) is 4.79 Å². The van der Waals surface area contributed by atoms with E-state index in [1.54, 1.807) is 0 Å². The lowest BCUT2D eigenvalue weighted by Crippen LogP contribution is -2.22. The number of hydrogen-bond acceptors (Lipinski definition) is 3. The first-order chi connectivity index (χ1) is 8.75. The quantitative estimate of drug-likeness (QED) is 0.751. The Morgan fingerprint density at radius 3 is 2.47 bits per heavy atom. The van der Waals surface area contributed by atoms with Crippen LogP contribution in [-0.2, 0) is 9.84 Å². The maximum absolute atomic E-state index is 12.0. The van der Waals surface area contributed by atoms with E-state index in [4.69, 9.17) is 23.2 Å². The summed E-state index contributed by atoms with van der Waals surface area (Å²) in [6.07, 6.45) is 0.759. The van der Waals surface area contributed by atoms with E-state index in [9.17, 15) is 13.2 Å². The zero-order valence-corrected chi connectivity index (χ0v) is 13.1. The molecule has 6 heteroatoms. The number of halogens is 2. The second-order valence-electron chi connectivity index (χ2n) is 4.62. The molecule has 0 radical (unpaired) electrons. The second-order valence-corrected chi connectivity index (χ2v) is 7.57. The van der Waals surface area contributed by atoms with Crippen molar-refractivity contribution in [3.63, 3.8) is 0 Å². The van der Waals surface area contributed by atoms with E-state index >= 15 is 0 Å². The summed E-state index contributed by atoms with van der Waals surface area (Å²) in [6.45, 7) is 3.76. The molecule has 1 unspecified atom stereocenters. The Bertz CT molecular complexity index is 567. The van der Waals surface area contributed by atoms with Crippen molar-refractivity contribution in [2.24, 2.45) is 5.92 Å². The van der Waals surface area contributed by atoms with E-state index in [0.29, 0.717) is 5.02 Å². The average Bonchev–Trinajstić information content (AvgIpc) is 2.26. The highest BCUT2D eigenvalue weighted by molar-refractivity contribution is 7.92. The Morgan fingerprint density at radius 2 is 1.95 bits per heavy atom. The maximum Gasteiger partial charge on any atom is 0.179 e. The molecule has 0 aromatic heterocycles. The summed E-state index contributed by atoms with van der Waals surface area (Å²) >= 11 is 11.6. The fourth-order valence-corrected chi connectivity index (χ4v) is 3.89. The molecule has 0 spiro atoms. The minimum absolute atomic E-state index is 0.0143. The zero-order chi connectivity index (χ0) is 14.6. The van der Waals surface area contributed by atoms with Crippen molar-refractivity contribution in [2.75, 3.05) is 11.5 Å². The molecule has 0 aliphatic rings. The topological polar surface area (TPSA) is 51.2 Å². The minimum atomic E-state index is -3.41. The minimum Gasteiger partial charge on any atom is -0.293 e. The van der Waals surface area contributed by atoms with Crippen molar-refractivity contribution in [1.82, 2.24) is 0 Å². The Morgan fingerprint density at radius 1 is 1.32 bits per heavy atom. The SMILES string of the molecule is CCC(C)CS(=O)(=O)CC(=O)c1ccc(Cl)cc1Cl. The Kier molecular flexibility index (Phi) is 5.83. The summed E-state index contributed by atoms with van der Waals surface area (Å²) in [6, 6.07) is 4.39. The van der Waals surface area contributed by atoms with Gasteiger partial charge in [0.15, 0.2) is 15.6 Å². The van der Waals surface area contributed by atoms with Crippen molar-refractivity contribution in [2.45, 2.75) is 20.3 Å². The predicted octanol–water partition coefficient (Wildman–Crippen LogP) is 3.64. The van der Waals surface area contributed by atoms with E-state index in [-0.39, 0.29) is 22.3 Å². The van der Waals surface area contributed by atoms with Gasteiger partial charge < -0.3 is 0 Å². The van der Waals surface area contributed by atoms with Gasteiger partial charge in [-0.05, 0) is 24.1 Å². The van der Waals surface area contributed by atoms with Gasteiger partial charge in [0.2, 0.25) is 0 Å². The first-order valence-corrected chi connectivity index (χ1v) is 8.51. The number of carbonyl (C=O) groups excluding carboxylic acids is 1. The van der Waals surface area contributed by atoms with Gasteiger partial charge in [-0.2, -0.15) is 0 Å². The molecule has 3 nitrogen and oxygen atoms in total. The lowest BCUT2D eigenvalue weighted by Gasteiger charge is -2.09. The molecule has 0 heterocycles. The Balaban J connectivity index is 2.85. The first-order valence-electron chi connectivity index (χ1n) is 5.94. The third-order valence-electron chi connectivity index (χ3n) is 2.82. The molecule has 19 heavy (non-hydrogen) atoms. The van der Waals surface area contributed by atoms with Crippen LogP contribution in [0.3, 0.4) is 0 Å². The average molecular weight is 323 g/mol. The summed E-state index contributed by atoms with van der Waals surface area (Å²) in [5.41, 5.74) is 0.193. The van der Waals surface area contributed by atoms with Crippen LogP contribution in [0.5, 0.6) is 0 Å². The van der Waals surface area contributed by atoms with Crippen LogP contribution >= 0.6 is 23.2 Å². The van der Waals surface area contributed by atoms with Gasteiger partial charge in [0.1, 0.15) is 5.75 Å². The van der Waals surface area contributed by atoms with Gasteiger partial charge in [-0.1, -0.05) is 43.5 Å². The maximum atomic E-state index is 12.0. The van der Waals surface area contributed by atoms with Crippen LogP contribution in [0.1, 0.15) is 30.6 Å². The molecule has 0 saturated carbocycles. The molecule has 0 fully saturated rings. The highest BCUT2D eigenvalue weighted by atomic mass is 35.5. The number of sulfone groups is 1. The van der Waals surface area contributed by atoms with Gasteiger partial charge in [-0.15, -0.1) is 0 Å². The second kappa shape index (κ2) is 6.73. The lowest BCUT2D eigenvalue weighted by atomic mass is 10.1. The number of rotatable bonds is 6. The van der Waals surface area contributed by atoms with Gasteiger partial charge in [0.05, 0.1) is 10.8 Å². The molecule has 1 rings (SSSR count). The zero-order valence-electron chi connectivity index (χ0n) is 10.8. The van der Waals surface area contributed by atoms with Crippen LogP contribution in [0.4, 0.5) is 0 Å². The van der Waals surface area contributed by atoms with Crippen LogP contribution in [-0.4, -0.2) is 25.7 Å². The van der Waals surface area contributed by atoms with Crippen molar-refractivity contribution in [1.29, 1.82) is 0 Å². The predicted molar refractivity (Wildman–Crippen MR) is 78.9 cm³/mol. The lowest BCUT2D eigenvalue weighted by molar-refractivity contribution is 0.102. The van der Waals surface area contributed by atoms with Crippen LogP contribution in [0.2, 0.25) is 10.0 Å². The monoisotopic (exact) mass is 322 g/mol. The number of ketones is 1. The molecule has 0 saturated heterocycles. The molecule has 0 aliphatic heterocycles. The fourth-order valence-electron chi connectivity index (χ4n) is 1.60. The normalized spacial score (nSPS) is 13.3. The summed E-state index contributed by atoms with van der Waals surface area (Å²) in [5, 5.41) is 0.584. The largest absolute Gasteiger partial charge is 0.293 e. The first kappa shape index (κ1) is 16.5. The highest BCUT2D eigenvalue weighted by Crippen LogP contribution is 2.22. The van der Waals surface area contributed by atoms with Crippen LogP contribution in [0.15, 0.2) is 18.2 Å². The molecular weight excluding hydrogens is 307 g/mol. The van der Waals surface area contributed by atoms with E-state index in [1.807, 2.05) is 13.8 Å².